The number of likely N-dealkylation sites (tertiary alicyclic amines) is 1. The highest BCUT2D eigenvalue weighted by Crippen LogP contribution is 2.46. The third-order valence-corrected chi connectivity index (χ3v) is 8.21. The molecule has 4 heterocycles. The quantitative estimate of drug-likeness (QED) is 0.616. The first-order chi connectivity index (χ1) is 17.0. The van der Waals surface area contributed by atoms with Crippen LogP contribution in [0.2, 0.25) is 0 Å². The van der Waals surface area contributed by atoms with Gasteiger partial charge >= 0.3 is 0 Å². The van der Waals surface area contributed by atoms with Gasteiger partial charge in [-0.1, -0.05) is 36.4 Å². The number of carbonyl (C=O) groups excluding carboxylic acids is 2. The summed E-state index contributed by atoms with van der Waals surface area (Å²) in [5, 5.41) is 6.12. The maximum absolute atomic E-state index is 13.2. The Hall–Kier alpha value is -3.58. The van der Waals surface area contributed by atoms with Crippen LogP contribution in [0.1, 0.15) is 45.6 Å². The Bertz CT molecular complexity index is 1300. The Kier molecular flexibility index (Phi) is 5.18. The van der Waals surface area contributed by atoms with Gasteiger partial charge in [0.25, 0.3) is 5.91 Å². The molecule has 6 rings (SSSR count). The molecule has 0 saturated carbocycles. The van der Waals surface area contributed by atoms with Gasteiger partial charge in [0, 0.05) is 29.9 Å². The molecule has 0 radical (unpaired) electrons. The molecule has 2 N–H and O–H groups in total. The average molecular weight is 468 g/mol. The number of nitrogens with one attached hydrogen (secondary N) is 2. The van der Waals surface area contributed by atoms with Crippen LogP contribution in [0.4, 0.5) is 5.82 Å². The number of nitrogens with zero attached hydrogens (tertiary/aromatic N) is 3. The first-order valence-electron chi connectivity index (χ1n) is 12.3. The van der Waals surface area contributed by atoms with E-state index in [9.17, 15) is 9.59 Å². The van der Waals surface area contributed by atoms with E-state index >= 15 is 0 Å². The summed E-state index contributed by atoms with van der Waals surface area (Å²) in [6.45, 7) is 2.58. The second kappa shape index (κ2) is 8.27. The second-order valence-electron chi connectivity index (χ2n) is 10.3. The standard InChI is InChI=1S/C28H29N5O2/c1-33-12-9-27(10-13-33,21-6-3-2-4-7-21)18-31-25(34)23-14-19-15-28(16-20(19)17-30-23)22-8-5-11-29-24(22)32-26(28)35/h2-8,11,14,17H,9-10,12-13,15-16,18H2,1H3,(H,31,34)(H,29,32,35). The summed E-state index contributed by atoms with van der Waals surface area (Å²) >= 11 is 0. The number of aromatic nitrogens is 2. The van der Waals surface area contributed by atoms with E-state index in [1.165, 1.54) is 5.56 Å². The molecule has 1 spiro atoms. The van der Waals surface area contributed by atoms with E-state index in [1.807, 2.05) is 24.3 Å². The molecular weight excluding hydrogens is 438 g/mol. The monoisotopic (exact) mass is 467 g/mol. The first kappa shape index (κ1) is 21.9. The molecule has 7 nitrogen and oxygen atoms in total. The Morgan fingerprint density at radius 2 is 1.83 bits per heavy atom. The third-order valence-electron chi connectivity index (χ3n) is 8.21. The van der Waals surface area contributed by atoms with Crippen molar-refractivity contribution in [1.29, 1.82) is 0 Å². The Balaban J connectivity index is 1.22. The van der Waals surface area contributed by atoms with Gasteiger partial charge in [0.2, 0.25) is 5.91 Å². The number of fused-ring (bicyclic) bond motifs is 3. The second-order valence-corrected chi connectivity index (χ2v) is 10.3. The molecule has 1 saturated heterocycles. The summed E-state index contributed by atoms with van der Waals surface area (Å²) in [5.41, 5.74) is 3.90. The lowest BCUT2D eigenvalue weighted by atomic mass is 9.72. The third kappa shape index (κ3) is 3.62. The van der Waals surface area contributed by atoms with Crippen molar-refractivity contribution in [3.8, 4) is 0 Å². The van der Waals surface area contributed by atoms with Gasteiger partial charge in [-0.05, 0) is 74.6 Å². The van der Waals surface area contributed by atoms with Crippen LogP contribution in [0.5, 0.6) is 0 Å². The lowest BCUT2D eigenvalue weighted by molar-refractivity contribution is -0.120. The van der Waals surface area contributed by atoms with Crippen molar-refractivity contribution in [1.82, 2.24) is 20.2 Å². The van der Waals surface area contributed by atoms with Crippen molar-refractivity contribution in [2.75, 3.05) is 32.0 Å². The number of rotatable bonds is 4. The van der Waals surface area contributed by atoms with Gasteiger partial charge < -0.3 is 15.5 Å². The van der Waals surface area contributed by atoms with E-state index < -0.39 is 5.41 Å². The normalized spacial score (nSPS) is 22.5. The maximum atomic E-state index is 13.2. The number of carbonyl (C=O) groups is 2. The van der Waals surface area contributed by atoms with Crippen molar-refractivity contribution in [2.24, 2.45) is 0 Å². The van der Waals surface area contributed by atoms with Crippen LogP contribution in [0.15, 0.2) is 60.9 Å². The van der Waals surface area contributed by atoms with Crippen molar-refractivity contribution in [3.05, 3.63) is 88.9 Å². The van der Waals surface area contributed by atoms with Gasteiger partial charge in [0.15, 0.2) is 0 Å². The molecule has 2 amide bonds. The van der Waals surface area contributed by atoms with Crippen molar-refractivity contribution in [3.63, 3.8) is 0 Å². The molecule has 7 heteroatoms. The number of benzene rings is 1. The molecule has 3 aromatic rings. The summed E-state index contributed by atoms with van der Waals surface area (Å²) in [6.07, 6.45) is 6.58. The highest BCUT2D eigenvalue weighted by molar-refractivity contribution is 6.06. The van der Waals surface area contributed by atoms with E-state index in [0.717, 1.165) is 42.6 Å². The van der Waals surface area contributed by atoms with Gasteiger partial charge in [0.05, 0.1) is 5.41 Å². The first-order valence-corrected chi connectivity index (χ1v) is 12.3. The van der Waals surface area contributed by atoms with Gasteiger partial charge in [-0.25, -0.2) is 4.98 Å². The number of hydrogen-bond acceptors (Lipinski definition) is 5. The zero-order valence-electron chi connectivity index (χ0n) is 19.9. The van der Waals surface area contributed by atoms with E-state index in [-0.39, 0.29) is 17.2 Å². The summed E-state index contributed by atoms with van der Waals surface area (Å²) in [4.78, 5) is 37.3. The molecule has 1 atom stereocenters. The van der Waals surface area contributed by atoms with Crippen molar-refractivity contribution in [2.45, 2.75) is 36.5 Å². The number of piperidine rings is 1. The zero-order chi connectivity index (χ0) is 24.0. The van der Waals surface area contributed by atoms with Crippen molar-refractivity contribution >= 4 is 17.6 Å². The molecule has 1 unspecified atom stereocenters. The minimum absolute atomic E-state index is 0.0273. The van der Waals surface area contributed by atoms with Crippen molar-refractivity contribution < 1.29 is 9.59 Å². The van der Waals surface area contributed by atoms with Crippen LogP contribution in [0.3, 0.4) is 0 Å². The fourth-order valence-corrected chi connectivity index (χ4v) is 6.02. The summed E-state index contributed by atoms with van der Waals surface area (Å²) in [5.74, 6) is 0.446. The largest absolute Gasteiger partial charge is 0.350 e. The summed E-state index contributed by atoms with van der Waals surface area (Å²) < 4.78 is 0. The van der Waals surface area contributed by atoms with Gasteiger partial charge in [-0.3, -0.25) is 14.6 Å². The van der Waals surface area contributed by atoms with Gasteiger partial charge in [-0.2, -0.15) is 0 Å². The molecule has 2 aromatic heterocycles. The number of hydrogen-bond donors (Lipinski definition) is 2. The van der Waals surface area contributed by atoms with E-state index in [1.54, 1.807) is 12.4 Å². The predicted octanol–water partition coefficient (Wildman–Crippen LogP) is 2.86. The van der Waals surface area contributed by atoms with Gasteiger partial charge in [-0.15, -0.1) is 0 Å². The Morgan fingerprint density at radius 3 is 2.63 bits per heavy atom. The van der Waals surface area contributed by atoms with Crippen LogP contribution < -0.4 is 10.6 Å². The summed E-state index contributed by atoms with van der Waals surface area (Å²) in [6, 6.07) is 16.2. The molecule has 1 aromatic carbocycles. The highest BCUT2D eigenvalue weighted by Gasteiger charge is 2.51. The number of anilines is 1. The molecule has 35 heavy (non-hydrogen) atoms. The van der Waals surface area contributed by atoms with Crippen LogP contribution >= 0.6 is 0 Å². The predicted molar refractivity (Wildman–Crippen MR) is 133 cm³/mol. The maximum Gasteiger partial charge on any atom is 0.269 e. The van der Waals surface area contributed by atoms with Gasteiger partial charge in [0.1, 0.15) is 11.5 Å². The molecular formula is C28H29N5O2. The average Bonchev–Trinajstić information content (AvgIpc) is 3.41. The molecule has 1 fully saturated rings. The zero-order valence-corrected chi connectivity index (χ0v) is 19.9. The van der Waals surface area contributed by atoms with Crippen LogP contribution in [0.25, 0.3) is 0 Å². The number of amides is 2. The van der Waals surface area contributed by atoms with Crippen LogP contribution in [-0.4, -0.2) is 53.4 Å². The lowest BCUT2D eigenvalue weighted by Crippen LogP contribution is -2.48. The molecule has 0 bridgehead atoms. The Labute approximate surface area is 205 Å². The van der Waals surface area contributed by atoms with Crippen LogP contribution in [0, 0.1) is 0 Å². The minimum Gasteiger partial charge on any atom is -0.350 e. The Morgan fingerprint density at radius 1 is 1.06 bits per heavy atom. The number of pyridine rings is 2. The molecule has 2 aliphatic heterocycles. The lowest BCUT2D eigenvalue weighted by Gasteiger charge is -2.41. The minimum atomic E-state index is -0.659. The summed E-state index contributed by atoms with van der Waals surface area (Å²) in [7, 11) is 2.15. The van der Waals surface area contributed by atoms with E-state index in [4.69, 9.17) is 0 Å². The highest BCUT2D eigenvalue weighted by atomic mass is 16.2. The van der Waals surface area contributed by atoms with E-state index in [2.05, 4.69) is 56.8 Å². The van der Waals surface area contributed by atoms with Crippen LogP contribution in [-0.2, 0) is 28.5 Å². The topological polar surface area (TPSA) is 87.2 Å². The molecule has 1 aliphatic carbocycles. The molecule has 3 aliphatic rings. The fourth-order valence-electron chi connectivity index (χ4n) is 6.02. The SMILES string of the molecule is CN1CCC(CNC(=O)c2cc3c(cn2)CC2(C3)C(=O)Nc3ncccc32)(c2ccccc2)CC1. The smallest absolute Gasteiger partial charge is 0.269 e. The fraction of sp³-hybridized carbons (Fsp3) is 0.357. The van der Waals surface area contributed by atoms with E-state index in [0.29, 0.717) is 30.9 Å². The molecule has 178 valence electrons.